The normalized spacial score (nSPS) is 16.0. The van der Waals surface area contributed by atoms with E-state index in [-0.39, 0.29) is 11.9 Å². The van der Waals surface area contributed by atoms with E-state index in [1.165, 1.54) is 5.56 Å². The highest BCUT2D eigenvalue weighted by atomic mass is 16.2. The van der Waals surface area contributed by atoms with E-state index >= 15 is 0 Å². The van der Waals surface area contributed by atoms with Crippen molar-refractivity contribution in [1.29, 1.82) is 5.41 Å². The minimum Gasteiger partial charge on any atom is -0.342 e. The molecule has 1 saturated heterocycles. The molecule has 0 saturated carbocycles. The SMILES string of the molecule is CN1C(=N)NC(=O)/C1=C\c1cn(Cc2ccccc2)c2ccccc12. The molecular weight excluding hydrogens is 312 g/mol. The van der Waals surface area contributed by atoms with Gasteiger partial charge in [-0.05, 0) is 17.7 Å². The summed E-state index contributed by atoms with van der Waals surface area (Å²) in [6.07, 6.45) is 3.91. The van der Waals surface area contributed by atoms with Crippen LogP contribution in [0.2, 0.25) is 0 Å². The number of fused-ring (bicyclic) bond motifs is 1. The summed E-state index contributed by atoms with van der Waals surface area (Å²) in [7, 11) is 1.72. The van der Waals surface area contributed by atoms with Gasteiger partial charge in [0.05, 0.1) is 0 Å². The summed E-state index contributed by atoms with van der Waals surface area (Å²) < 4.78 is 2.19. The van der Waals surface area contributed by atoms with Gasteiger partial charge >= 0.3 is 0 Å². The fourth-order valence-electron chi connectivity index (χ4n) is 3.14. The Morgan fingerprint density at radius 2 is 1.80 bits per heavy atom. The third-order valence-electron chi connectivity index (χ3n) is 4.47. The molecule has 2 heterocycles. The van der Waals surface area contributed by atoms with E-state index in [4.69, 9.17) is 5.41 Å². The van der Waals surface area contributed by atoms with Crippen LogP contribution in [0.1, 0.15) is 11.1 Å². The van der Waals surface area contributed by atoms with Crippen LogP contribution in [0.4, 0.5) is 0 Å². The molecule has 3 aromatic rings. The topological polar surface area (TPSA) is 61.1 Å². The molecule has 1 aromatic heterocycles. The monoisotopic (exact) mass is 330 g/mol. The molecular formula is C20H18N4O. The summed E-state index contributed by atoms with van der Waals surface area (Å²) in [5.74, 6) is -0.142. The number of para-hydroxylation sites is 1. The lowest BCUT2D eigenvalue weighted by atomic mass is 10.1. The van der Waals surface area contributed by atoms with Crippen LogP contribution in [0.5, 0.6) is 0 Å². The third-order valence-corrected chi connectivity index (χ3v) is 4.47. The molecule has 0 bridgehead atoms. The maximum atomic E-state index is 12.1. The highest BCUT2D eigenvalue weighted by Crippen LogP contribution is 2.26. The van der Waals surface area contributed by atoms with Crippen LogP contribution in [0.3, 0.4) is 0 Å². The summed E-state index contributed by atoms with van der Waals surface area (Å²) in [4.78, 5) is 13.6. The smallest absolute Gasteiger partial charge is 0.274 e. The summed E-state index contributed by atoms with van der Waals surface area (Å²) in [5.41, 5.74) is 3.79. The van der Waals surface area contributed by atoms with Gasteiger partial charge in [-0.3, -0.25) is 15.5 Å². The van der Waals surface area contributed by atoms with Crippen molar-refractivity contribution < 1.29 is 4.79 Å². The summed E-state index contributed by atoms with van der Waals surface area (Å²) in [6.45, 7) is 0.766. The average molecular weight is 330 g/mol. The summed E-state index contributed by atoms with van der Waals surface area (Å²) in [6, 6.07) is 18.4. The second-order valence-electron chi connectivity index (χ2n) is 6.11. The molecule has 0 unspecified atom stereocenters. The second-order valence-corrected chi connectivity index (χ2v) is 6.11. The Morgan fingerprint density at radius 1 is 1.08 bits per heavy atom. The predicted octanol–water partition coefficient (Wildman–Crippen LogP) is 3.03. The van der Waals surface area contributed by atoms with Gasteiger partial charge in [0.25, 0.3) is 5.91 Å². The van der Waals surface area contributed by atoms with E-state index in [0.29, 0.717) is 5.70 Å². The average Bonchev–Trinajstić information content (AvgIpc) is 3.08. The van der Waals surface area contributed by atoms with Crippen LogP contribution in [0, 0.1) is 5.41 Å². The van der Waals surface area contributed by atoms with Gasteiger partial charge in [0, 0.05) is 36.3 Å². The number of likely N-dealkylation sites (N-methyl/N-ethyl adjacent to an activating group) is 1. The standard InChI is InChI=1S/C20H18N4O/c1-23-18(19(25)22-20(23)21)11-15-13-24(12-14-7-3-2-4-8-14)17-10-6-5-9-16(15)17/h2-11,13H,12H2,1H3,(H2,21,22,25)/b18-11+. The van der Waals surface area contributed by atoms with Gasteiger partial charge in [-0.15, -0.1) is 0 Å². The molecule has 2 aromatic carbocycles. The van der Waals surface area contributed by atoms with E-state index in [1.807, 2.05) is 36.4 Å². The molecule has 0 spiro atoms. The molecule has 25 heavy (non-hydrogen) atoms. The van der Waals surface area contributed by atoms with Crippen LogP contribution in [-0.2, 0) is 11.3 Å². The minimum atomic E-state index is -0.243. The van der Waals surface area contributed by atoms with Crippen molar-refractivity contribution in [2.75, 3.05) is 7.05 Å². The number of hydrogen-bond donors (Lipinski definition) is 2. The number of guanidine groups is 1. The Morgan fingerprint density at radius 3 is 2.52 bits per heavy atom. The molecule has 5 heteroatoms. The van der Waals surface area contributed by atoms with Gasteiger partial charge in [0.2, 0.25) is 5.96 Å². The Hall–Kier alpha value is -3.34. The fraction of sp³-hybridized carbons (Fsp3) is 0.100. The zero-order valence-electron chi connectivity index (χ0n) is 13.9. The van der Waals surface area contributed by atoms with E-state index < -0.39 is 0 Å². The number of amides is 1. The summed E-state index contributed by atoms with van der Waals surface area (Å²) in [5, 5.41) is 11.4. The van der Waals surface area contributed by atoms with Crippen molar-refractivity contribution in [1.82, 2.24) is 14.8 Å². The minimum absolute atomic E-state index is 0.101. The number of carbonyl (C=O) groups excluding carboxylic acids is 1. The largest absolute Gasteiger partial charge is 0.342 e. The lowest BCUT2D eigenvalue weighted by Gasteiger charge is -2.08. The van der Waals surface area contributed by atoms with Crippen molar-refractivity contribution in [3.63, 3.8) is 0 Å². The lowest BCUT2D eigenvalue weighted by Crippen LogP contribution is -2.25. The number of hydrogen-bond acceptors (Lipinski definition) is 2. The fourth-order valence-corrected chi connectivity index (χ4v) is 3.14. The first kappa shape index (κ1) is 15.2. The zero-order valence-corrected chi connectivity index (χ0v) is 13.9. The van der Waals surface area contributed by atoms with Crippen molar-refractivity contribution in [2.45, 2.75) is 6.54 Å². The first-order valence-electron chi connectivity index (χ1n) is 8.10. The van der Waals surface area contributed by atoms with Crippen molar-refractivity contribution in [3.8, 4) is 0 Å². The maximum absolute atomic E-state index is 12.1. The van der Waals surface area contributed by atoms with Gasteiger partial charge < -0.3 is 9.47 Å². The maximum Gasteiger partial charge on any atom is 0.274 e. The molecule has 124 valence electrons. The van der Waals surface area contributed by atoms with Crippen molar-refractivity contribution in [2.24, 2.45) is 0 Å². The number of nitrogens with one attached hydrogen (secondary N) is 2. The molecule has 1 fully saturated rings. The summed E-state index contributed by atoms with van der Waals surface area (Å²) >= 11 is 0. The van der Waals surface area contributed by atoms with Crippen molar-refractivity contribution >= 4 is 28.8 Å². The van der Waals surface area contributed by atoms with Crippen LogP contribution < -0.4 is 5.32 Å². The molecule has 0 atom stereocenters. The quantitative estimate of drug-likeness (QED) is 0.725. The van der Waals surface area contributed by atoms with Gasteiger partial charge in [0.1, 0.15) is 5.70 Å². The Bertz CT molecular complexity index is 1000. The van der Waals surface area contributed by atoms with Gasteiger partial charge in [-0.2, -0.15) is 0 Å². The van der Waals surface area contributed by atoms with Crippen LogP contribution in [0.15, 0.2) is 66.5 Å². The Balaban J connectivity index is 1.80. The van der Waals surface area contributed by atoms with E-state index in [0.717, 1.165) is 23.0 Å². The number of aromatic nitrogens is 1. The Labute approximate surface area is 145 Å². The number of rotatable bonds is 3. The zero-order chi connectivity index (χ0) is 17.4. The highest BCUT2D eigenvalue weighted by Gasteiger charge is 2.27. The lowest BCUT2D eigenvalue weighted by molar-refractivity contribution is -0.115. The number of benzene rings is 2. The number of nitrogens with zero attached hydrogens (tertiary/aromatic N) is 2. The van der Waals surface area contributed by atoms with Crippen molar-refractivity contribution in [3.05, 3.63) is 77.6 Å². The highest BCUT2D eigenvalue weighted by molar-refractivity contribution is 6.15. The Kier molecular flexibility index (Phi) is 3.61. The molecule has 1 aliphatic rings. The first-order valence-corrected chi connectivity index (χ1v) is 8.10. The van der Waals surface area contributed by atoms with Crippen LogP contribution in [0.25, 0.3) is 17.0 Å². The second kappa shape index (κ2) is 5.94. The van der Waals surface area contributed by atoms with Gasteiger partial charge in [-0.25, -0.2) is 0 Å². The molecule has 0 aliphatic carbocycles. The number of carbonyl (C=O) groups is 1. The molecule has 1 amide bonds. The third kappa shape index (κ3) is 2.70. The molecule has 4 rings (SSSR count). The first-order chi connectivity index (χ1) is 12.1. The van der Waals surface area contributed by atoms with E-state index in [9.17, 15) is 4.79 Å². The van der Waals surface area contributed by atoms with Crippen LogP contribution >= 0.6 is 0 Å². The predicted molar refractivity (Wildman–Crippen MR) is 99.1 cm³/mol. The van der Waals surface area contributed by atoms with E-state index in [1.54, 1.807) is 11.9 Å². The van der Waals surface area contributed by atoms with Gasteiger partial charge in [-0.1, -0.05) is 48.5 Å². The van der Waals surface area contributed by atoms with Crippen LogP contribution in [-0.4, -0.2) is 28.4 Å². The van der Waals surface area contributed by atoms with Gasteiger partial charge in [0.15, 0.2) is 0 Å². The molecule has 1 aliphatic heterocycles. The molecule has 5 nitrogen and oxygen atoms in total. The molecule has 2 N–H and O–H groups in total. The van der Waals surface area contributed by atoms with E-state index in [2.05, 4.69) is 40.3 Å². The molecule has 0 radical (unpaired) electrons.